The molecule has 3 heterocycles. The third-order valence-corrected chi connectivity index (χ3v) is 6.50. The molecule has 4 aromatic rings. The summed E-state index contributed by atoms with van der Waals surface area (Å²) in [6, 6.07) is 10.9. The fourth-order valence-electron chi connectivity index (χ4n) is 4.74. The van der Waals surface area contributed by atoms with Crippen LogP contribution in [-0.4, -0.2) is 19.9 Å². The quantitative estimate of drug-likeness (QED) is 0.158. The maximum atomic E-state index is 13.5. The van der Waals surface area contributed by atoms with E-state index in [-0.39, 0.29) is 24.4 Å². The smallest absolute Gasteiger partial charge is 0.417 e. The zero-order chi connectivity index (χ0) is 25.9. The molecule has 0 saturated carbocycles. The van der Waals surface area contributed by atoms with E-state index in [4.69, 9.17) is 18.9 Å². The molecule has 3 aromatic carbocycles. The van der Waals surface area contributed by atoms with Gasteiger partial charge in [0.15, 0.2) is 35.7 Å². The van der Waals surface area contributed by atoms with Crippen molar-refractivity contribution in [2.45, 2.75) is 19.1 Å². The molecule has 0 atom stereocenters. The van der Waals surface area contributed by atoms with E-state index in [1.165, 1.54) is 7.11 Å². The van der Waals surface area contributed by atoms with Crippen LogP contribution in [0.5, 0.6) is 23.0 Å². The fourth-order valence-corrected chi connectivity index (χ4v) is 4.74. The van der Waals surface area contributed by atoms with Crippen LogP contribution in [0, 0.1) is 5.82 Å². The summed E-state index contributed by atoms with van der Waals surface area (Å²) in [5.41, 5.74) is 0.738. The lowest BCUT2D eigenvalue weighted by Crippen LogP contribution is -2.40. The molecule has 188 valence electrons. The van der Waals surface area contributed by atoms with Gasteiger partial charge in [0.2, 0.25) is 12.5 Å². The number of aromatic nitrogens is 1. The van der Waals surface area contributed by atoms with Gasteiger partial charge in [-0.2, -0.15) is 17.7 Å². The average molecular weight is 512 g/mol. The molecule has 2 aliphatic rings. The summed E-state index contributed by atoms with van der Waals surface area (Å²) in [5, 5.41) is 1.15. The summed E-state index contributed by atoms with van der Waals surface area (Å²) < 4.78 is 77.9. The van der Waals surface area contributed by atoms with Crippen molar-refractivity contribution in [1.82, 2.24) is 0 Å². The Morgan fingerprint density at radius 3 is 2.57 bits per heavy atom. The second kappa shape index (κ2) is 8.36. The molecule has 6 rings (SSSR count). The summed E-state index contributed by atoms with van der Waals surface area (Å²) in [6.45, 7) is 0.771. The Balaban J connectivity index is 1.46. The van der Waals surface area contributed by atoms with Crippen molar-refractivity contribution in [3.63, 3.8) is 0 Å². The average Bonchev–Trinajstić information content (AvgIpc) is 3.33. The van der Waals surface area contributed by atoms with Gasteiger partial charge in [-0.15, -0.1) is 0 Å². The lowest BCUT2D eigenvalue weighted by molar-refractivity contribution is -0.686. The summed E-state index contributed by atoms with van der Waals surface area (Å²) in [7, 11) is 1.36. The fraction of sp³-hybridized carbons (Fsp3) is 0.185. The molecule has 1 aromatic heterocycles. The molecule has 0 amide bonds. The van der Waals surface area contributed by atoms with Crippen LogP contribution in [0.25, 0.3) is 22.0 Å². The third kappa shape index (κ3) is 3.89. The number of alkyl halides is 3. The van der Waals surface area contributed by atoms with Crippen molar-refractivity contribution in [2.24, 2.45) is 0 Å². The van der Waals surface area contributed by atoms with Gasteiger partial charge in [-0.1, -0.05) is 0 Å². The molecule has 0 saturated heterocycles. The van der Waals surface area contributed by atoms with E-state index < -0.39 is 29.1 Å². The van der Waals surface area contributed by atoms with Crippen LogP contribution < -0.4 is 23.5 Å². The zero-order valence-corrected chi connectivity index (χ0v) is 19.3. The number of esters is 1. The largest absolute Gasteiger partial charge is 0.493 e. The normalized spacial score (nSPS) is 13.8. The number of pyridine rings is 1. The maximum Gasteiger partial charge on any atom is 0.417 e. The van der Waals surface area contributed by atoms with E-state index in [1.807, 2.05) is 22.8 Å². The van der Waals surface area contributed by atoms with E-state index in [2.05, 4.69) is 0 Å². The highest BCUT2D eigenvalue weighted by molar-refractivity contribution is 5.98. The van der Waals surface area contributed by atoms with Gasteiger partial charge in [0.05, 0.1) is 29.2 Å². The Morgan fingerprint density at radius 2 is 1.81 bits per heavy atom. The molecule has 10 heteroatoms. The first kappa shape index (κ1) is 23.1. The lowest BCUT2D eigenvalue weighted by Gasteiger charge is -2.18. The van der Waals surface area contributed by atoms with Crippen LogP contribution >= 0.6 is 0 Å². The van der Waals surface area contributed by atoms with Gasteiger partial charge in [0.1, 0.15) is 5.82 Å². The first-order valence-electron chi connectivity index (χ1n) is 11.3. The number of methoxy groups -OCH3 is 1. The summed E-state index contributed by atoms with van der Waals surface area (Å²) in [5.74, 6) is -0.912. The minimum Gasteiger partial charge on any atom is -0.493 e. The van der Waals surface area contributed by atoms with E-state index in [9.17, 15) is 22.4 Å². The number of ether oxygens (including phenoxy) is 4. The maximum absolute atomic E-state index is 13.5. The summed E-state index contributed by atoms with van der Waals surface area (Å²) in [4.78, 5) is 12.9. The minimum absolute atomic E-state index is 0.0331. The van der Waals surface area contributed by atoms with Crippen LogP contribution in [-0.2, 0) is 19.1 Å². The van der Waals surface area contributed by atoms with Gasteiger partial charge in [-0.05, 0) is 53.4 Å². The number of fused-ring (bicyclic) bond motifs is 5. The Labute approximate surface area is 207 Å². The van der Waals surface area contributed by atoms with Gasteiger partial charge in [-0.25, -0.2) is 9.18 Å². The monoisotopic (exact) mass is 512 g/mol. The van der Waals surface area contributed by atoms with Crippen LogP contribution in [0.15, 0.2) is 54.7 Å². The highest BCUT2D eigenvalue weighted by atomic mass is 19.4. The Kier molecular flexibility index (Phi) is 5.22. The van der Waals surface area contributed by atoms with Crippen molar-refractivity contribution >= 4 is 16.7 Å². The highest BCUT2D eigenvalue weighted by Crippen LogP contribution is 2.42. The third-order valence-electron chi connectivity index (χ3n) is 6.50. The molecule has 0 radical (unpaired) electrons. The predicted molar refractivity (Wildman–Crippen MR) is 122 cm³/mol. The first-order chi connectivity index (χ1) is 17.7. The van der Waals surface area contributed by atoms with Crippen LogP contribution in [0.4, 0.5) is 17.6 Å². The molecule has 6 nitrogen and oxygen atoms in total. The van der Waals surface area contributed by atoms with Crippen LogP contribution in [0.3, 0.4) is 0 Å². The van der Waals surface area contributed by atoms with Gasteiger partial charge < -0.3 is 18.9 Å². The van der Waals surface area contributed by atoms with Crippen molar-refractivity contribution in [1.29, 1.82) is 0 Å². The molecule has 0 unspecified atom stereocenters. The Morgan fingerprint density at radius 1 is 1.03 bits per heavy atom. The lowest BCUT2D eigenvalue weighted by atomic mass is 9.95. The topological polar surface area (TPSA) is 57.9 Å². The molecule has 0 fully saturated rings. The number of nitrogens with zero attached hydrogens (tertiary/aromatic N) is 1. The summed E-state index contributed by atoms with van der Waals surface area (Å²) in [6.07, 6.45) is -2.46. The van der Waals surface area contributed by atoms with Gasteiger partial charge in [-0.3, -0.25) is 0 Å². The SMILES string of the molecule is COc1ccc2cc3[n+](cc2c1OC(=O)c1ccc(F)cc1C(F)(F)F)CCc1cc2c(cc1-3)OCO2. The number of hydrogen-bond acceptors (Lipinski definition) is 5. The predicted octanol–water partition coefficient (Wildman–Crippen LogP) is 5.46. The second-order valence-electron chi connectivity index (χ2n) is 8.64. The number of benzene rings is 3. The van der Waals surface area contributed by atoms with Crippen LogP contribution in [0.2, 0.25) is 0 Å². The van der Waals surface area contributed by atoms with Crippen molar-refractivity contribution in [2.75, 3.05) is 13.9 Å². The number of rotatable bonds is 3. The van der Waals surface area contributed by atoms with Crippen molar-refractivity contribution in [3.8, 4) is 34.3 Å². The van der Waals surface area contributed by atoms with E-state index >= 15 is 0 Å². The molecule has 2 aliphatic heterocycles. The van der Waals surface area contributed by atoms with Gasteiger partial charge in [0.25, 0.3) is 0 Å². The van der Waals surface area contributed by atoms with Crippen molar-refractivity contribution in [3.05, 3.63) is 77.2 Å². The van der Waals surface area contributed by atoms with Gasteiger partial charge >= 0.3 is 12.1 Å². The number of carbonyl (C=O) groups excluding carboxylic acids is 1. The standard InChI is InChI=1S/C27H18F4NO5/c1-34-22-5-2-14-8-21-18-11-24-23(35-13-36-24)9-15(18)6-7-32(21)12-19(14)25(22)37-26(33)17-4-3-16(28)10-20(17)27(29,30)31/h2-5,8-12H,6-7,13H2,1H3/q+1. The minimum atomic E-state index is -4.95. The Hall–Kier alpha value is -4.34. The first-order valence-corrected chi connectivity index (χ1v) is 11.3. The van der Waals surface area contributed by atoms with E-state index in [0.29, 0.717) is 35.2 Å². The number of halogens is 4. The van der Waals surface area contributed by atoms with E-state index in [0.717, 1.165) is 29.0 Å². The second-order valence-corrected chi connectivity index (χ2v) is 8.64. The molecular formula is C27H18F4NO5+. The van der Waals surface area contributed by atoms with Crippen molar-refractivity contribution < 1.29 is 45.9 Å². The number of carbonyl (C=O) groups is 1. The number of aryl methyl sites for hydroxylation is 2. The number of hydrogen-bond donors (Lipinski definition) is 0. The molecular weight excluding hydrogens is 494 g/mol. The van der Waals surface area contributed by atoms with E-state index in [1.54, 1.807) is 18.3 Å². The molecule has 37 heavy (non-hydrogen) atoms. The molecule has 0 N–H and O–H groups in total. The molecule has 0 aliphatic carbocycles. The molecule has 0 spiro atoms. The van der Waals surface area contributed by atoms with Crippen LogP contribution in [0.1, 0.15) is 21.5 Å². The highest BCUT2D eigenvalue weighted by Gasteiger charge is 2.37. The van der Waals surface area contributed by atoms with Gasteiger partial charge in [0, 0.05) is 12.5 Å². The summed E-state index contributed by atoms with van der Waals surface area (Å²) >= 11 is 0. The molecule has 0 bridgehead atoms. The zero-order valence-electron chi connectivity index (χ0n) is 19.3. The Bertz CT molecular complexity index is 1600.